The number of anilines is 1. The fraction of sp³-hybridized carbons (Fsp3) is 0.300. The molecule has 0 aliphatic heterocycles. The van der Waals surface area contributed by atoms with Crippen molar-refractivity contribution in [2.24, 2.45) is 0 Å². The smallest absolute Gasteiger partial charge is 0.319 e. The van der Waals surface area contributed by atoms with Gasteiger partial charge in [-0.2, -0.15) is 8.42 Å². The fourth-order valence-corrected chi connectivity index (χ4v) is 3.77. The maximum absolute atomic E-state index is 11.9. The summed E-state index contributed by atoms with van der Waals surface area (Å²) in [5.41, 5.74) is 0.461. The van der Waals surface area contributed by atoms with Gasteiger partial charge in [0.2, 0.25) is 15.9 Å². The molecule has 1 rings (SSSR count). The van der Waals surface area contributed by atoms with E-state index in [2.05, 4.69) is 10.0 Å². The summed E-state index contributed by atoms with van der Waals surface area (Å²) in [6.45, 7) is 1.18. The first-order valence-electron chi connectivity index (χ1n) is 5.59. The molecule has 0 heterocycles. The van der Waals surface area contributed by atoms with Crippen molar-refractivity contribution >= 4 is 71.1 Å². The number of hydrogen-bond donors (Lipinski definition) is 3. The van der Waals surface area contributed by atoms with Crippen molar-refractivity contribution in [3.63, 3.8) is 0 Å². The summed E-state index contributed by atoms with van der Waals surface area (Å²) in [6.07, 6.45) is 0. The second-order valence-electron chi connectivity index (χ2n) is 3.85. The minimum absolute atomic E-state index is 0. The molecule has 1 aromatic rings. The van der Waals surface area contributed by atoms with Crippen molar-refractivity contribution in [1.29, 1.82) is 0 Å². The molecule has 12 heteroatoms. The second kappa shape index (κ2) is 9.23. The Kier molecular flexibility index (Phi) is 9.17. The van der Waals surface area contributed by atoms with Gasteiger partial charge in [0, 0.05) is 54.5 Å². The molecule has 1 amide bonds. The summed E-state index contributed by atoms with van der Waals surface area (Å²) in [5.74, 6) is -0.395. The molecule has 0 saturated carbocycles. The van der Waals surface area contributed by atoms with E-state index in [0.29, 0.717) is 5.69 Å². The van der Waals surface area contributed by atoms with E-state index in [-0.39, 0.29) is 63.5 Å². The standard InChI is InChI=1S/C10H14N2O6S3.Na/c1-8(13)12-9-2-4-10(5-3-9)20(14,15)11-6-7-19-21(16,17)18;/h2-5,11H,6-7H2,1H3,(H,12,13)(H,16,17,18);. The van der Waals surface area contributed by atoms with E-state index in [4.69, 9.17) is 4.55 Å². The van der Waals surface area contributed by atoms with Gasteiger partial charge in [-0.25, -0.2) is 13.1 Å². The first kappa shape index (κ1) is 21.9. The molecule has 0 bridgehead atoms. The van der Waals surface area contributed by atoms with Crippen LogP contribution >= 0.6 is 10.8 Å². The third-order valence-corrected chi connectivity index (χ3v) is 5.65. The molecule has 8 nitrogen and oxygen atoms in total. The number of carbonyl (C=O) groups excluding carboxylic acids is 1. The Balaban J connectivity index is 0.00000441. The number of carbonyl (C=O) groups is 1. The Morgan fingerprint density at radius 2 is 1.73 bits per heavy atom. The Morgan fingerprint density at radius 3 is 2.18 bits per heavy atom. The zero-order valence-electron chi connectivity index (χ0n) is 11.9. The van der Waals surface area contributed by atoms with Gasteiger partial charge in [0.25, 0.3) is 0 Å². The van der Waals surface area contributed by atoms with E-state index < -0.39 is 19.2 Å². The van der Waals surface area contributed by atoms with Crippen LogP contribution in [0.3, 0.4) is 0 Å². The molecule has 119 valence electrons. The quantitative estimate of drug-likeness (QED) is 0.265. The van der Waals surface area contributed by atoms with Gasteiger partial charge in [0.05, 0.1) is 4.90 Å². The Morgan fingerprint density at radius 1 is 1.18 bits per heavy atom. The third kappa shape index (κ3) is 8.48. The molecule has 0 unspecified atom stereocenters. The van der Waals surface area contributed by atoms with Crippen LogP contribution in [0.15, 0.2) is 29.2 Å². The van der Waals surface area contributed by atoms with Crippen molar-refractivity contribution in [1.82, 2.24) is 4.72 Å². The van der Waals surface area contributed by atoms with Crippen LogP contribution in [-0.4, -0.2) is 69.2 Å². The molecule has 0 aliphatic rings. The maximum Gasteiger partial charge on any atom is 0.319 e. The van der Waals surface area contributed by atoms with E-state index in [9.17, 15) is 21.6 Å². The Labute approximate surface area is 154 Å². The van der Waals surface area contributed by atoms with Crippen molar-refractivity contribution < 1.29 is 26.2 Å². The van der Waals surface area contributed by atoms with Crippen molar-refractivity contribution in [2.45, 2.75) is 11.8 Å². The molecule has 1 radical (unpaired) electrons. The van der Waals surface area contributed by atoms with Gasteiger partial charge in [0.1, 0.15) is 0 Å². The number of amides is 1. The van der Waals surface area contributed by atoms with Crippen LogP contribution in [0.1, 0.15) is 6.92 Å². The van der Waals surface area contributed by atoms with Crippen LogP contribution in [0.5, 0.6) is 0 Å². The van der Waals surface area contributed by atoms with E-state index in [1.54, 1.807) is 0 Å². The van der Waals surface area contributed by atoms with Crippen LogP contribution in [0.25, 0.3) is 0 Å². The summed E-state index contributed by atoms with van der Waals surface area (Å²) in [7, 11) is -7.73. The predicted molar refractivity (Wildman–Crippen MR) is 85.7 cm³/mol. The fourth-order valence-electron chi connectivity index (χ4n) is 1.33. The van der Waals surface area contributed by atoms with Crippen molar-refractivity contribution in [3.05, 3.63) is 24.3 Å². The van der Waals surface area contributed by atoms with Crippen LogP contribution in [-0.2, 0) is 24.0 Å². The van der Waals surface area contributed by atoms with Gasteiger partial charge >= 0.3 is 9.15 Å². The summed E-state index contributed by atoms with van der Waals surface area (Å²) in [6, 6.07) is 5.48. The predicted octanol–water partition coefficient (Wildman–Crippen LogP) is 0.0785. The first-order valence-corrected chi connectivity index (χ1v) is 10.0. The SMILES string of the molecule is CC(=O)Nc1ccc(S(=O)(=O)NCCSS(=O)(=O)O)cc1.[Na]. The van der Waals surface area contributed by atoms with Crippen LogP contribution < -0.4 is 10.0 Å². The van der Waals surface area contributed by atoms with E-state index in [0.717, 1.165) is 0 Å². The van der Waals surface area contributed by atoms with Crippen LogP contribution in [0.4, 0.5) is 5.69 Å². The van der Waals surface area contributed by atoms with Crippen molar-refractivity contribution in [2.75, 3.05) is 17.6 Å². The van der Waals surface area contributed by atoms with Gasteiger partial charge < -0.3 is 5.32 Å². The molecule has 0 aromatic heterocycles. The minimum atomic E-state index is -4.18. The monoisotopic (exact) mass is 377 g/mol. The largest absolute Gasteiger partial charge is 0.326 e. The van der Waals surface area contributed by atoms with E-state index in [1.165, 1.54) is 31.2 Å². The topological polar surface area (TPSA) is 130 Å². The van der Waals surface area contributed by atoms with Gasteiger partial charge in [-0.1, -0.05) is 0 Å². The molecule has 0 fully saturated rings. The average molecular weight is 377 g/mol. The molecule has 0 aliphatic carbocycles. The molecule has 3 N–H and O–H groups in total. The summed E-state index contributed by atoms with van der Waals surface area (Å²) < 4.78 is 55.3. The minimum Gasteiger partial charge on any atom is -0.326 e. The third-order valence-electron chi connectivity index (χ3n) is 2.11. The normalized spacial score (nSPS) is 11.5. The zero-order valence-corrected chi connectivity index (χ0v) is 16.4. The molecule has 1 aromatic carbocycles. The average Bonchev–Trinajstić information content (AvgIpc) is 2.33. The van der Waals surface area contributed by atoms with Crippen molar-refractivity contribution in [3.8, 4) is 0 Å². The zero-order chi connectivity index (χ0) is 16.1. The molecular formula is C10H14N2NaO6S3. The number of sulfonamides is 1. The Hall–Kier alpha value is -0.140. The summed E-state index contributed by atoms with van der Waals surface area (Å²) in [4.78, 5) is 10.8. The molecular weight excluding hydrogens is 363 g/mol. The van der Waals surface area contributed by atoms with Gasteiger partial charge in [-0.3, -0.25) is 9.35 Å². The molecule has 0 saturated heterocycles. The molecule has 22 heavy (non-hydrogen) atoms. The molecule has 0 spiro atoms. The summed E-state index contributed by atoms with van der Waals surface area (Å²) >= 11 is 0. The maximum atomic E-state index is 11.9. The van der Waals surface area contributed by atoms with E-state index in [1.807, 2.05) is 0 Å². The number of nitrogens with one attached hydrogen (secondary N) is 2. The number of rotatable bonds is 7. The van der Waals surface area contributed by atoms with Gasteiger partial charge in [-0.05, 0) is 35.1 Å². The van der Waals surface area contributed by atoms with Crippen LogP contribution in [0, 0.1) is 0 Å². The second-order valence-corrected chi connectivity index (χ2v) is 9.09. The van der Waals surface area contributed by atoms with E-state index >= 15 is 0 Å². The summed E-state index contributed by atoms with van der Waals surface area (Å²) in [5, 5.41) is 2.50. The van der Waals surface area contributed by atoms with Gasteiger partial charge in [-0.15, -0.1) is 0 Å². The number of hydrogen-bond acceptors (Lipinski definition) is 6. The Bertz CT molecular complexity index is 703. The number of benzene rings is 1. The first-order chi connectivity index (χ1) is 9.60. The molecule has 0 atom stereocenters. The van der Waals surface area contributed by atoms with Gasteiger partial charge in [0.15, 0.2) is 0 Å². The van der Waals surface area contributed by atoms with Crippen LogP contribution in [0.2, 0.25) is 0 Å².